The van der Waals surface area contributed by atoms with Gasteiger partial charge in [-0.25, -0.2) is 0 Å². The predicted octanol–water partition coefficient (Wildman–Crippen LogP) is 4.30. The van der Waals surface area contributed by atoms with Gasteiger partial charge in [-0.05, 0) is 42.3 Å². The summed E-state index contributed by atoms with van der Waals surface area (Å²) in [5, 5.41) is 0. The Hall–Kier alpha value is -2.75. The van der Waals surface area contributed by atoms with Crippen molar-refractivity contribution in [3.63, 3.8) is 0 Å². The van der Waals surface area contributed by atoms with Crippen molar-refractivity contribution in [1.82, 2.24) is 0 Å². The molecule has 0 saturated carbocycles. The summed E-state index contributed by atoms with van der Waals surface area (Å²) in [7, 11) is 1.67. The highest BCUT2D eigenvalue weighted by atomic mass is 16.5. The average molecular weight is 324 g/mol. The van der Waals surface area contributed by atoms with Crippen LogP contribution in [0.2, 0.25) is 0 Å². The molecular formula is C20H20O4. The Morgan fingerprint density at radius 2 is 2.08 bits per heavy atom. The first kappa shape index (κ1) is 16.1. The Labute approximate surface area is 141 Å². The zero-order chi connectivity index (χ0) is 17.1. The Balaban J connectivity index is 1.78. The summed E-state index contributed by atoms with van der Waals surface area (Å²) >= 11 is 0. The molecule has 0 amide bonds. The number of esters is 1. The fourth-order valence-electron chi connectivity index (χ4n) is 2.67. The molecule has 0 atom stereocenters. The lowest BCUT2D eigenvalue weighted by atomic mass is 10.1. The molecule has 0 radical (unpaired) electrons. The number of benzene rings is 2. The molecule has 1 aliphatic heterocycles. The van der Waals surface area contributed by atoms with Crippen molar-refractivity contribution < 1.29 is 19.0 Å². The number of aryl methyl sites for hydroxylation is 1. The van der Waals surface area contributed by atoms with Crippen LogP contribution in [0.5, 0.6) is 17.2 Å². The van der Waals surface area contributed by atoms with E-state index >= 15 is 0 Å². The van der Waals surface area contributed by atoms with Crippen molar-refractivity contribution in [3.8, 4) is 17.2 Å². The number of carbonyl (C=O) groups excluding carboxylic acids is 1. The van der Waals surface area contributed by atoms with Gasteiger partial charge in [-0.15, -0.1) is 0 Å². The van der Waals surface area contributed by atoms with Crippen molar-refractivity contribution in [2.24, 2.45) is 0 Å². The average Bonchev–Trinajstić information content (AvgIpc) is 2.96. The largest absolute Gasteiger partial charge is 0.496 e. The summed E-state index contributed by atoms with van der Waals surface area (Å²) < 4.78 is 16.4. The van der Waals surface area contributed by atoms with Gasteiger partial charge in [0.15, 0.2) is 0 Å². The van der Waals surface area contributed by atoms with Crippen LogP contribution in [0.15, 0.2) is 42.2 Å². The van der Waals surface area contributed by atoms with E-state index in [1.54, 1.807) is 26.2 Å². The van der Waals surface area contributed by atoms with Crippen LogP contribution in [0.25, 0.3) is 6.08 Å². The minimum absolute atomic E-state index is 0.252. The first-order chi connectivity index (χ1) is 11.6. The standard InChI is InChI=1S/C20H20O4/c1-4-20(21)24-16-7-6-15-11-17(23-19(15)12-16)10-14-5-8-18(22-3)13(2)9-14/h5-10,12H,4,11H2,1-3H3. The normalized spacial score (nSPS) is 14.2. The fourth-order valence-corrected chi connectivity index (χ4v) is 2.67. The third-order valence-corrected chi connectivity index (χ3v) is 3.91. The molecule has 124 valence electrons. The fraction of sp³-hybridized carbons (Fsp3) is 0.250. The molecule has 1 aliphatic rings. The van der Waals surface area contributed by atoms with E-state index in [1.165, 1.54) is 0 Å². The quantitative estimate of drug-likeness (QED) is 0.621. The molecule has 24 heavy (non-hydrogen) atoms. The first-order valence-electron chi connectivity index (χ1n) is 7.95. The molecule has 0 spiro atoms. The number of hydrogen-bond donors (Lipinski definition) is 0. The maximum absolute atomic E-state index is 11.4. The van der Waals surface area contributed by atoms with Gasteiger partial charge in [-0.1, -0.05) is 19.1 Å². The van der Waals surface area contributed by atoms with E-state index in [0.29, 0.717) is 12.2 Å². The van der Waals surface area contributed by atoms with Gasteiger partial charge in [0.1, 0.15) is 23.0 Å². The minimum Gasteiger partial charge on any atom is -0.496 e. The summed E-state index contributed by atoms with van der Waals surface area (Å²) in [4.78, 5) is 11.4. The Morgan fingerprint density at radius 3 is 2.79 bits per heavy atom. The lowest BCUT2D eigenvalue weighted by Crippen LogP contribution is -2.05. The van der Waals surface area contributed by atoms with Crippen LogP contribution in [-0.4, -0.2) is 13.1 Å². The van der Waals surface area contributed by atoms with Crippen molar-refractivity contribution in [3.05, 3.63) is 58.8 Å². The number of hydrogen-bond acceptors (Lipinski definition) is 4. The van der Waals surface area contributed by atoms with Gasteiger partial charge in [-0.2, -0.15) is 0 Å². The lowest BCUT2D eigenvalue weighted by Gasteiger charge is -2.06. The Morgan fingerprint density at radius 1 is 1.25 bits per heavy atom. The van der Waals surface area contributed by atoms with Crippen molar-refractivity contribution in [2.75, 3.05) is 7.11 Å². The van der Waals surface area contributed by atoms with Crippen LogP contribution in [0.3, 0.4) is 0 Å². The SMILES string of the molecule is CCC(=O)Oc1ccc2c(c1)OC(=Cc1ccc(OC)c(C)c1)C2. The molecule has 0 N–H and O–H groups in total. The van der Waals surface area contributed by atoms with Gasteiger partial charge in [-0.3, -0.25) is 4.79 Å². The molecule has 2 aromatic rings. The van der Waals surface area contributed by atoms with Crippen molar-refractivity contribution in [1.29, 1.82) is 0 Å². The number of fused-ring (bicyclic) bond motifs is 1. The maximum Gasteiger partial charge on any atom is 0.310 e. The second kappa shape index (κ2) is 6.79. The van der Waals surface area contributed by atoms with Crippen LogP contribution in [0, 0.1) is 6.92 Å². The zero-order valence-corrected chi connectivity index (χ0v) is 14.1. The highest BCUT2D eigenvalue weighted by Crippen LogP contribution is 2.35. The number of allylic oxidation sites excluding steroid dienone is 1. The van der Waals surface area contributed by atoms with E-state index in [4.69, 9.17) is 14.2 Å². The van der Waals surface area contributed by atoms with E-state index in [-0.39, 0.29) is 5.97 Å². The topological polar surface area (TPSA) is 44.8 Å². The third kappa shape index (κ3) is 3.43. The molecule has 4 heteroatoms. The summed E-state index contributed by atoms with van der Waals surface area (Å²) in [5.41, 5.74) is 3.23. The second-order valence-electron chi connectivity index (χ2n) is 5.72. The highest BCUT2D eigenvalue weighted by Gasteiger charge is 2.18. The van der Waals surface area contributed by atoms with Crippen LogP contribution < -0.4 is 14.2 Å². The smallest absolute Gasteiger partial charge is 0.310 e. The van der Waals surface area contributed by atoms with E-state index in [0.717, 1.165) is 40.4 Å². The number of carbonyl (C=O) groups is 1. The van der Waals surface area contributed by atoms with E-state index in [1.807, 2.05) is 31.2 Å². The summed E-state index contributed by atoms with van der Waals surface area (Å²) in [6.07, 6.45) is 3.09. The third-order valence-electron chi connectivity index (χ3n) is 3.91. The van der Waals surface area contributed by atoms with Crippen molar-refractivity contribution >= 4 is 12.0 Å². The monoisotopic (exact) mass is 324 g/mol. The van der Waals surface area contributed by atoms with E-state index < -0.39 is 0 Å². The zero-order valence-electron chi connectivity index (χ0n) is 14.1. The van der Waals surface area contributed by atoms with Crippen LogP contribution in [0.4, 0.5) is 0 Å². The molecule has 0 unspecified atom stereocenters. The van der Waals surface area contributed by atoms with Gasteiger partial charge in [0.25, 0.3) is 0 Å². The molecule has 0 fully saturated rings. The van der Waals surface area contributed by atoms with Crippen LogP contribution in [-0.2, 0) is 11.2 Å². The van der Waals surface area contributed by atoms with E-state index in [2.05, 4.69) is 6.07 Å². The molecule has 1 heterocycles. The highest BCUT2D eigenvalue weighted by molar-refractivity contribution is 5.72. The number of rotatable bonds is 4. The number of methoxy groups -OCH3 is 1. The summed E-state index contributed by atoms with van der Waals surface area (Å²) in [5.74, 6) is 2.75. The predicted molar refractivity (Wildman–Crippen MR) is 92.4 cm³/mol. The molecule has 0 aliphatic carbocycles. The Bertz CT molecular complexity index is 805. The van der Waals surface area contributed by atoms with Gasteiger partial charge in [0.2, 0.25) is 0 Å². The van der Waals surface area contributed by atoms with Gasteiger partial charge >= 0.3 is 5.97 Å². The van der Waals surface area contributed by atoms with Crippen LogP contribution in [0.1, 0.15) is 30.0 Å². The summed E-state index contributed by atoms with van der Waals surface area (Å²) in [6, 6.07) is 11.5. The first-order valence-corrected chi connectivity index (χ1v) is 7.95. The maximum atomic E-state index is 11.4. The summed E-state index contributed by atoms with van der Waals surface area (Å²) in [6.45, 7) is 3.78. The molecule has 2 aromatic carbocycles. The molecule has 0 aromatic heterocycles. The van der Waals surface area contributed by atoms with Gasteiger partial charge in [0, 0.05) is 24.5 Å². The van der Waals surface area contributed by atoms with E-state index in [9.17, 15) is 4.79 Å². The van der Waals surface area contributed by atoms with Crippen molar-refractivity contribution in [2.45, 2.75) is 26.7 Å². The van der Waals surface area contributed by atoms with Crippen LogP contribution >= 0.6 is 0 Å². The molecule has 3 rings (SSSR count). The molecule has 0 saturated heterocycles. The Kier molecular flexibility index (Phi) is 4.56. The molecule has 0 bridgehead atoms. The van der Waals surface area contributed by atoms with Gasteiger partial charge in [0.05, 0.1) is 7.11 Å². The minimum atomic E-state index is -0.252. The number of ether oxygens (including phenoxy) is 3. The lowest BCUT2D eigenvalue weighted by molar-refractivity contribution is -0.134. The second-order valence-corrected chi connectivity index (χ2v) is 5.72. The molecule has 4 nitrogen and oxygen atoms in total. The van der Waals surface area contributed by atoms with Gasteiger partial charge < -0.3 is 14.2 Å². The molecular weight excluding hydrogens is 304 g/mol.